The van der Waals surface area contributed by atoms with Gasteiger partial charge in [0, 0.05) is 25.4 Å². The minimum atomic E-state index is 0.0166. The summed E-state index contributed by atoms with van der Waals surface area (Å²) < 4.78 is 0. The van der Waals surface area contributed by atoms with Gasteiger partial charge < -0.3 is 16.0 Å². The molecule has 0 aliphatic carbocycles. The lowest BCUT2D eigenvalue weighted by atomic mass is 10.2. The number of anilines is 1. The van der Waals surface area contributed by atoms with Crippen molar-refractivity contribution < 1.29 is 4.79 Å². The minimum absolute atomic E-state index is 0.0166. The highest BCUT2D eigenvalue weighted by Crippen LogP contribution is 2.07. The first-order valence-electron chi connectivity index (χ1n) is 6.07. The molecule has 0 atom stereocenters. The molecule has 1 amide bonds. The highest BCUT2D eigenvalue weighted by atomic mass is 16.2. The van der Waals surface area contributed by atoms with Gasteiger partial charge in [0.15, 0.2) is 0 Å². The SMILES string of the molecule is CNCCCN(C)C(=O)/C=C/c1ccc(N)cc1. The van der Waals surface area contributed by atoms with Crippen LogP contribution in [0.4, 0.5) is 5.69 Å². The highest BCUT2D eigenvalue weighted by molar-refractivity contribution is 5.91. The van der Waals surface area contributed by atoms with Gasteiger partial charge >= 0.3 is 0 Å². The molecule has 4 heteroatoms. The lowest BCUT2D eigenvalue weighted by Gasteiger charge is -2.14. The second-order valence-corrected chi connectivity index (χ2v) is 4.22. The largest absolute Gasteiger partial charge is 0.399 e. The molecule has 0 fully saturated rings. The molecule has 4 nitrogen and oxygen atoms in total. The molecule has 3 N–H and O–H groups in total. The van der Waals surface area contributed by atoms with Crippen LogP contribution in [0.15, 0.2) is 30.3 Å². The molecule has 18 heavy (non-hydrogen) atoms. The van der Waals surface area contributed by atoms with Crippen LogP contribution in [0.5, 0.6) is 0 Å². The molecule has 1 rings (SSSR count). The lowest BCUT2D eigenvalue weighted by molar-refractivity contribution is -0.124. The van der Waals surface area contributed by atoms with Crippen LogP contribution in [0, 0.1) is 0 Å². The van der Waals surface area contributed by atoms with Crippen molar-refractivity contribution in [3.05, 3.63) is 35.9 Å². The number of hydrogen-bond acceptors (Lipinski definition) is 3. The Balaban J connectivity index is 2.45. The Morgan fingerprint density at radius 1 is 1.39 bits per heavy atom. The smallest absolute Gasteiger partial charge is 0.246 e. The van der Waals surface area contributed by atoms with Gasteiger partial charge in [-0.3, -0.25) is 4.79 Å². The average Bonchev–Trinajstić information content (AvgIpc) is 2.38. The number of nitrogen functional groups attached to an aromatic ring is 1. The van der Waals surface area contributed by atoms with Gasteiger partial charge in [0.25, 0.3) is 0 Å². The molecule has 0 aliphatic heterocycles. The molecule has 0 spiro atoms. The fourth-order valence-electron chi connectivity index (χ4n) is 1.51. The van der Waals surface area contributed by atoms with Gasteiger partial charge in [-0.1, -0.05) is 12.1 Å². The first-order chi connectivity index (χ1) is 8.63. The Morgan fingerprint density at radius 2 is 2.06 bits per heavy atom. The van der Waals surface area contributed by atoms with Crippen molar-refractivity contribution in [3.63, 3.8) is 0 Å². The molecule has 0 bridgehead atoms. The molecular weight excluding hydrogens is 226 g/mol. The highest BCUT2D eigenvalue weighted by Gasteiger charge is 2.03. The number of nitrogens with zero attached hydrogens (tertiary/aromatic N) is 1. The maximum absolute atomic E-state index is 11.8. The summed E-state index contributed by atoms with van der Waals surface area (Å²) in [6.07, 6.45) is 4.34. The number of nitrogens with two attached hydrogens (primary N) is 1. The van der Waals surface area contributed by atoms with E-state index in [0.29, 0.717) is 0 Å². The summed E-state index contributed by atoms with van der Waals surface area (Å²) in [6, 6.07) is 7.42. The minimum Gasteiger partial charge on any atom is -0.399 e. The molecule has 1 aromatic carbocycles. The Bertz CT molecular complexity index is 398. The van der Waals surface area contributed by atoms with Gasteiger partial charge in [-0.15, -0.1) is 0 Å². The van der Waals surface area contributed by atoms with Crippen LogP contribution in [0.2, 0.25) is 0 Å². The normalized spacial score (nSPS) is 10.8. The number of benzene rings is 1. The second-order valence-electron chi connectivity index (χ2n) is 4.22. The molecule has 0 saturated heterocycles. The van der Waals surface area contributed by atoms with E-state index in [1.165, 1.54) is 0 Å². The summed E-state index contributed by atoms with van der Waals surface area (Å²) in [7, 11) is 3.72. The molecule has 0 unspecified atom stereocenters. The van der Waals surface area contributed by atoms with Gasteiger partial charge in [0.2, 0.25) is 5.91 Å². The molecule has 0 heterocycles. The summed E-state index contributed by atoms with van der Waals surface area (Å²) in [6.45, 7) is 1.67. The molecule has 1 aromatic rings. The van der Waals surface area contributed by atoms with E-state index in [9.17, 15) is 4.79 Å². The van der Waals surface area contributed by atoms with E-state index < -0.39 is 0 Å². The first-order valence-corrected chi connectivity index (χ1v) is 6.07. The summed E-state index contributed by atoms with van der Waals surface area (Å²) in [5.41, 5.74) is 7.29. The van der Waals surface area contributed by atoms with E-state index >= 15 is 0 Å². The summed E-state index contributed by atoms with van der Waals surface area (Å²) in [4.78, 5) is 13.5. The number of carbonyl (C=O) groups is 1. The number of amides is 1. The fraction of sp³-hybridized carbons (Fsp3) is 0.357. The molecule has 98 valence electrons. The molecule has 0 aromatic heterocycles. The number of nitrogens with one attached hydrogen (secondary N) is 1. The van der Waals surface area contributed by atoms with E-state index in [-0.39, 0.29) is 5.91 Å². The number of rotatable bonds is 6. The Morgan fingerprint density at radius 3 is 2.67 bits per heavy atom. The van der Waals surface area contributed by atoms with Gasteiger partial charge in [-0.25, -0.2) is 0 Å². The van der Waals surface area contributed by atoms with Crippen LogP contribution in [0.3, 0.4) is 0 Å². The summed E-state index contributed by atoms with van der Waals surface area (Å²) >= 11 is 0. The molecule has 0 aliphatic rings. The third kappa shape index (κ3) is 5.01. The van der Waals surface area contributed by atoms with E-state index in [1.807, 2.05) is 38.4 Å². The Kier molecular flexibility index (Phi) is 5.94. The van der Waals surface area contributed by atoms with Crippen LogP contribution in [-0.4, -0.2) is 38.0 Å². The van der Waals surface area contributed by atoms with Crippen molar-refractivity contribution in [2.45, 2.75) is 6.42 Å². The van der Waals surface area contributed by atoms with E-state index in [1.54, 1.807) is 17.1 Å². The molecular formula is C14H21N3O. The number of likely N-dealkylation sites (N-methyl/N-ethyl adjacent to an activating group) is 1. The third-order valence-corrected chi connectivity index (χ3v) is 2.65. The topological polar surface area (TPSA) is 58.4 Å². The monoisotopic (exact) mass is 247 g/mol. The van der Waals surface area contributed by atoms with E-state index in [2.05, 4.69) is 5.32 Å². The van der Waals surface area contributed by atoms with E-state index in [0.717, 1.165) is 30.8 Å². The van der Waals surface area contributed by atoms with Gasteiger partial charge in [0.1, 0.15) is 0 Å². The quantitative estimate of drug-likeness (QED) is 0.453. The molecule has 0 saturated carbocycles. The van der Waals surface area contributed by atoms with Crippen molar-refractivity contribution in [1.29, 1.82) is 0 Å². The van der Waals surface area contributed by atoms with Crippen LogP contribution >= 0.6 is 0 Å². The maximum Gasteiger partial charge on any atom is 0.246 e. The zero-order chi connectivity index (χ0) is 13.4. The summed E-state index contributed by atoms with van der Waals surface area (Å²) in [5.74, 6) is 0.0166. The Hall–Kier alpha value is -1.81. The van der Waals surface area contributed by atoms with Crippen LogP contribution in [0.25, 0.3) is 6.08 Å². The van der Waals surface area contributed by atoms with E-state index in [4.69, 9.17) is 5.73 Å². The van der Waals surface area contributed by atoms with Crippen molar-refractivity contribution in [2.24, 2.45) is 0 Å². The van der Waals surface area contributed by atoms with Crippen molar-refractivity contribution in [3.8, 4) is 0 Å². The Labute approximate surface area is 108 Å². The zero-order valence-electron chi connectivity index (χ0n) is 11.0. The third-order valence-electron chi connectivity index (χ3n) is 2.65. The lowest BCUT2D eigenvalue weighted by Crippen LogP contribution is -2.27. The number of carbonyl (C=O) groups excluding carboxylic acids is 1. The summed E-state index contributed by atoms with van der Waals surface area (Å²) in [5, 5.41) is 3.06. The predicted molar refractivity (Wildman–Crippen MR) is 76.1 cm³/mol. The van der Waals surface area contributed by atoms with Gasteiger partial charge in [-0.05, 0) is 43.8 Å². The molecule has 0 radical (unpaired) electrons. The second kappa shape index (κ2) is 7.50. The van der Waals surface area contributed by atoms with Crippen molar-refractivity contribution in [1.82, 2.24) is 10.2 Å². The van der Waals surface area contributed by atoms with Crippen LogP contribution < -0.4 is 11.1 Å². The predicted octanol–water partition coefficient (Wildman–Crippen LogP) is 1.35. The average molecular weight is 247 g/mol. The van der Waals surface area contributed by atoms with Crippen molar-refractivity contribution in [2.75, 3.05) is 32.9 Å². The van der Waals surface area contributed by atoms with Crippen LogP contribution in [0.1, 0.15) is 12.0 Å². The fourth-order valence-corrected chi connectivity index (χ4v) is 1.51. The van der Waals surface area contributed by atoms with Crippen molar-refractivity contribution >= 4 is 17.7 Å². The van der Waals surface area contributed by atoms with Gasteiger partial charge in [0.05, 0.1) is 0 Å². The maximum atomic E-state index is 11.8. The van der Waals surface area contributed by atoms with Gasteiger partial charge in [-0.2, -0.15) is 0 Å². The standard InChI is InChI=1S/C14H21N3O/c1-16-10-3-11-17(2)14(18)9-6-12-4-7-13(15)8-5-12/h4-9,16H,3,10-11,15H2,1-2H3/b9-6+. The zero-order valence-corrected chi connectivity index (χ0v) is 11.0. The first kappa shape index (κ1) is 14.3. The van der Waals surface area contributed by atoms with Crippen LogP contribution in [-0.2, 0) is 4.79 Å². The number of hydrogen-bond donors (Lipinski definition) is 2.